The van der Waals surface area contributed by atoms with Gasteiger partial charge in [0.1, 0.15) is 0 Å². The molecule has 0 rings (SSSR count). The van der Waals surface area contributed by atoms with Crippen molar-refractivity contribution in [1.82, 2.24) is 0 Å². The first-order valence-corrected chi connectivity index (χ1v) is 3.66. The zero-order valence-corrected chi connectivity index (χ0v) is 13.3. The van der Waals surface area contributed by atoms with E-state index in [0.29, 0.717) is 0 Å². The summed E-state index contributed by atoms with van der Waals surface area (Å²) in [7, 11) is 0. The number of nitrogens with zero attached hydrogens (tertiary/aromatic N) is 2. The van der Waals surface area contributed by atoms with E-state index >= 15 is 0 Å². The maximum absolute atomic E-state index is 9.79. The summed E-state index contributed by atoms with van der Waals surface area (Å²) in [6.45, 7) is 0. The van der Waals surface area contributed by atoms with Gasteiger partial charge in [-0.15, -0.1) is 0 Å². The standard InChI is InChI=1S/C5H8O4.Mg.2NO3.6H2O/c6-4(7)2-1-3-5(8)9;;2*2-1(3)4;;;;;;/h1-3H2,(H,6,7)(H,8,9);;;;6*1H2/q;+2;2*-1;;;;;;. The molecule has 0 spiro atoms. The molecule has 19 heteroatoms. The van der Waals surface area contributed by atoms with Crippen LogP contribution in [0.15, 0.2) is 0 Å². The summed E-state index contributed by atoms with van der Waals surface area (Å²) in [4.78, 5) is 36.1. The number of carbonyl (C=O) groups is 2. The van der Waals surface area contributed by atoms with Gasteiger partial charge in [-0.25, -0.2) is 0 Å². The first-order valence-electron chi connectivity index (χ1n) is 3.66. The van der Waals surface area contributed by atoms with Crippen LogP contribution in [-0.2, 0) is 9.59 Å². The Morgan fingerprint density at radius 2 is 0.792 bits per heavy atom. The van der Waals surface area contributed by atoms with Gasteiger partial charge < -0.3 is 73.7 Å². The minimum Gasteiger partial charge on any atom is -0.481 e. The summed E-state index contributed by atoms with van der Waals surface area (Å²) in [5, 5.41) is 45.6. The van der Waals surface area contributed by atoms with E-state index in [1.54, 1.807) is 0 Å². The summed E-state index contributed by atoms with van der Waals surface area (Å²) < 4.78 is 0. The number of hydrogen-bond acceptors (Lipinski definition) is 8. The molecule has 0 amide bonds. The average Bonchev–Trinajstić information content (AvgIpc) is 1.99. The van der Waals surface area contributed by atoms with Gasteiger partial charge in [0, 0.05) is 12.8 Å². The zero-order chi connectivity index (χ0) is 14.4. The van der Waals surface area contributed by atoms with E-state index in [1.807, 2.05) is 0 Å². The van der Waals surface area contributed by atoms with Gasteiger partial charge in [-0.05, 0) is 6.42 Å². The van der Waals surface area contributed by atoms with E-state index in [9.17, 15) is 9.59 Å². The van der Waals surface area contributed by atoms with Gasteiger partial charge in [-0.3, -0.25) is 9.59 Å². The van der Waals surface area contributed by atoms with Crippen LogP contribution in [0.2, 0.25) is 0 Å². The summed E-state index contributed by atoms with van der Waals surface area (Å²) >= 11 is 0. The Kier molecular flexibility index (Phi) is 140. The first kappa shape index (κ1) is 67.6. The molecule has 0 aliphatic rings. The first-order chi connectivity index (χ1) is 7.59. The van der Waals surface area contributed by atoms with E-state index in [-0.39, 0.29) is 75.2 Å². The molecular weight excluding hydrogens is 368 g/mol. The van der Waals surface area contributed by atoms with E-state index < -0.39 is 22.1 Å². The Morgan fingerprint density at radius 1 is 0.667 bits per heavy atom. The molecule has 0 saturated heterocycles. The van der Waals surface area contributed by atoms with Crippen LogP contribution in [0.5, 0.6) is 0 Å². The molecule has 0 aromatic rings. The molecule has 0 atom stereocenters. The largest absolute Gasteiger partial charge is 2.00 e. The predicted octanol–water partition coefficient (Wildman–Crippen LogP) is -5.48. The second-order valence-electron chi connectivity index (χ2n) is 2.09. The zero-order valence-electron chi connectivity index (χ0n) is 11.9. The quantitative estimate of drug-likeness (QED) is 0.261. The van der Waals surface area contributed by atoms with Crippen molar-refractivity contribution in [1.29, 1.82) is 0 Å². The van der Waals surface area contributed by atoms with Crippen molar-refractivity contribution in [2.75, 3.05) is 0 Å². The molecule has 14 N–H and O–H groups in total. The van der Waals surface area contributed by atoms with Crippen molar-refractivity contribution >= 4 is 35.0 Å². The number of rotatable bonds is 4. The molecule has 0 saturated carbocycles. The SMILES string of the molecule is O.O.O.O.O.O.O=C(O)CCCC(=O)O.O=[N+]([O-])[O-].O=[N+]([O-])[O-].[Mg+2]. The van der Waals surface area contributed by atoms with Gasteiger partial charge in [-0.2, -0.15) is 0 Å². The number of hydrogen-bond donors (Lipinski definition) is 2. The number of aliphatic carboxylic acids is 2. The van der Waals surface area contributed by atoms with Crippen LogP contribution in [0.3, 0.4) is 0 Å². The van der Waals surface area contributed by atoms with E-state index in [2.05, 4.69) is 0 Å². The molecular formula is C5H20MgN2O16. The third-order valence-electron chi connectivity index (χ3n) is 0.781. The third-order valence-corrected chi connectivity index (χ3v) is 0.781. The van der Waals surface area contributed by atoms with Crippen LogP contribution in [0.25, 0.3) is 0 Å². The molecule has 24 heavy (non-hydrogen) atoms. The fourth-order valence-electron chi connectivity index (χ4n) is 0.391. The van der Waals surface area contributed by atoms with Crippen LogP contribution in [0.1, 0.15) is 19.3 Å². The minimum atomic E-state index is -1.75. The van der Waals surface area contributed by atoms with E-state index in [4.69, 9.17) is 40.9 Å². The van der Waals surface area contributed by atoms with Crippen LogP contribution in [0.4, 0.5) is 0 Å². The van der Waals surface area contributed by atoms with Gasteiger partial charge in [0.25, 0.3) is 0 Å². The van der Waals surface area contributed by atoms with Crippen LogP contribution in [-0.4, -0.2) is 88.2 Å². The van der Waals surface area contributed by atoms with Gasteiger partial charge >= 0.3 is 35.0 Å². The van der Waals surface area contributed by atoms with Crippen molar-refractivity contribution in [2.45, 2.75) is 19.3 Å². The van der Waals surface area contributed by atoms with Gasteiger partial charge in [0.15, 0.2) is 0 Å². The molecule has 148 valence electrons. The molecule has 0 bridgehead atoms. The molecule has 0 aliphatic carbocycles. The van der Waals surface area contributed by atoms with Gasteiger partial charge in [-0.1, -0.05) is 0 Å². The number of carboxylic acids is 2. The molecule has 0 fully saturated rings. The van der Waals surface area contributed by atoms with Crippen molar-refractivity contribution in [2.24, 2.45) is 0 Å². The Hall–Kier alpha value is -2.13. The molecule has 0 heterocycles. The minimum absolute atomic E-state index is 0. The summed E-state index contributed by atoms with van der Waals surface area (Å²) in [6, 6.07) is 0. The van der Waals surface area contributed by atoms with Crippen LogP contribution in [0, 0.1) is 30.6 Å². The topological polar surface area (TPSA) is 396 Å². The van der Waals surface area contributed by atoms with E-state index in [1.165, 1.54) is 0 Å². The predicted molar refractivity (Wildman–Crippen MR) is 77.3 cm³/mol. The summed E-state index contributed by atoms with van der Waals surface area (Å²) in [5.41, 5.74) is 0. The van der Waals surface area contributed by atoms with Crippen LogP contribution >= 0.6 is 0 Å². The van der Waals surface area contributed by atoms with Crippen molar-refractivity contribution in [3.8, 4) is 0 Å². The van der Waals surface area contributed by atoms with Crippen LogP contribution < -0.4 is 0 Å². The molecule has 18 nitrogen and oxygen atoms in total. The van der Waals surface area contributed by atoms with E-state index in [0.717, 1.165) is 0 Å². The maximum atomic E-state index is 9.79. The Morgan fingerprint density at radius 3 is 0.875 bits per heavy atom. The Labute approximate surface area is 148 Å². The third kappa shape index (κ3) is 473. The summed E-state index contributed by atoms with van der Waals surface area (Å²) in [5.74, 6) is -1.90. The average molecular weight is 389 g/mol. The van der Waals surface area contributed by atoms with Gasteiger partial charge in [0.2, 0.25) is 0 Å². The molecule has 0 unspecified atom stereocenters. The second-order valence-corrected chi connectivity index (χ2v) is 2.09. The fourth-order valence-corrected chi connectivity index (χ4v) is 0.391. The molecule has 0 aliphatic heterocycles. The monoisotopic (exact) mass is 388 g/mol. The second kappa shape index (κ2) is 49.7. The Balaban J connectivity index is -0.0000000146. The fraction of sp³-hybridized carbons (Fsp3) is 0.600. The smallest absolute Gasteiger partial charge is 0.481 e. The normalized spacial score (nSPS) is 5.33. The molecule has 0 aromatic carbocycles. The Bertz CT molecular complexity index is 239. The molecule has 0 radical (unpaired) electrons. The van der Waals surface area contributed by atoms with Crippen molar-refractivity contribution in [3.05, 3.63) is 30.6 Å². The van der Waals surface area contributed by atoms with Gasteiger partial charge in [0.05, 0.1) is 10.2 Å². The number of carboxylic acid groups (broad SMARTS) is 2. The van der Waals surface area contributed by atoms with Crippen molar-refractivity contribution < 1.29 is 62.8 Å². The van der Waals surface area contributed by atoms with Crippen molar-refractivity contribution in [3.63, 3.8) is 0 Å². The summed E-state index contributed by atoms with van der Waals surface area (Å²) in [6.07, 6.45) is 0.0866. The molecule has 0 aromatic heterocycles. The maximum Gasteiger partial charge on any atom is 2.00 e.